The van der Waals surface area contributed by atoms with Crippen LogP contribution >= 0.6 is 0 Å². The van der Waals surface area contributed by atoms with Crippen LogP contribution in [0.4, 0.5) is 0 Å². The van der Waals surface area contributed by atoms with Crippen molar-refractivity contribution >= 4 is 0 Å². The first kappa shape index (κ1) is 5.89. The van der Waals surface area contributed by atoms with Crippen molar-refractivity contribution in [2.24, 2.45) is 0 Å². The molecule has 0 N–H and O–H groups in total. The lowest BCUT2D eigenvalue weighted by Gasteiger charge is -2.32. The van der Waals surface area contributed by atoms with Crippen LogP contribution in [-0.4, -0.2) is 14.8 Å². The minimum Gasteiger partial charge on any atom is -0.311 e. The third kappa shape index (κ3) is 0.462. The highest BCUT2D eigenvalue weighted by Gasteiger charge is 2.33. The minimum absolute atomic E-state index is 0.598. The highest BCUT2D eigenvalue weighted by Crippen LogP contribution is 2.38. The zero-order valence-electron chi connectivity index (χ0n) is 6.50. The molecule has 10 heavy (non-hydrogen) atoms. The Balaban J connectivity index is 2.54. The molecule has 2 heterocycles. The second-order valence-electron chi connectivity index (χ2n) is 3.00. The van der Waals surface area contributed by atoms with E-state index in [0.717, 1.165) is 11.6 Å². The van der Waals surface area contributed by atoms with Gasteiger partial charge in [-0.2, -0.15) is 0 Å². The van der Waals surface area contributed by atoms with E-state index in [-0.39, 0.29) is 0 Å². The summed E-state index contributed by atoms with van der Waals surface area (Å²) in [6, 6.07) is 0.602. The predicted molar refractivity (Wildman–Crippen MR) is 37.9 cm³/mol. The second-order valence-corrected chi connectivity index (χ2v) is 3.00. The van der Waals surface area contributed by atoms with Crippen molar-refractivity contribution in [3.8, 4) is 0 Å². The van der Waals surface area contributed by atoms with E-state index in [1.54, 1.807) is 0 Å². The number of hydrogen-bond acceptors (Lipinski definition) is 2. The van der Waals surface area contributed by atoms with Gasteiger partial charge in [0, 0.05) is 12.0 Å². The van der Waals surface area contributed by atoms with Crippen LogP contribution in [0.1, 0.15) is 37.5 Å². The normalized spacial score (nSPS) is 29.5. The average Bonchev–Trinajstić information content (AvgIpc) is 2.27. The van der Waals surface area contributed by atoms with Crippen LogP contribution in [-0.2, 0) is 0 Å². The van der Waals surface area contributed by atoms with Crippen LogP contribution in [0, 0.1) is 6.92 Å². The van der Waals surface area contributed by atoms with Gasteiger partial charge in [-0.05, 0) is 13.8 Å². The molecule has 0 aliphatic carbocycles. The van der Waals surface area contributed by atoms with Crippen LogP contribution in [0.5, 0.6) is 0 Å². The molecule has 0 radical (unpaired) electrons. The molecule has 0 fully saturated rings. The van der Waals surface area contributed by atoms with Crippen molar-refractivity contribution in [1.82, 2.24) is 14.8 Å². The Morgan fingerprint density at radius 1 is 1.30 bits per heavy atom. The summed E-state index contributed by atoms with van der Waals surface area (Å²) in [5, 5.41) is 8.04. The number of nitrogens with zero attached hydrogens (tertiary/aromatic N) is 3. The molecule has 3 nitrogen and oxygen atoms in total. The van der Waals surface area contributed by atoms with Gasteiger partial charge in [-0.25, -0.2) is 0 Å². The monoisotopic (exact) mass is 137 g/mol. The molecule has 0 aromatic carbocycles. The van der Waals surface area contributed by atoms with Crippen molar-refractivity contribution in [2.75, 3.05) is 0 Å². The summed E-state index contributed by atoms with van der Waals surface area (Å²) in [6.45, 7) is 6.39. The van der Waals surface area contributed by atoms with Gasteiger partial charge >= 0.3 is 0 Å². The molecule has 0 saturated carbocycles. The minimum atomic E-state index is 0.598. The fourth-order valence-electron chi connectivity index (χ4n) is 1.56. The average molecular weight is 137 g/mol. The molecular formula is C7H11N3. The molecule has 2 atom stereocenters. The number of aryl methyl sites for hydroxylation is 1. The van der Waals surface area contributed by atoms with E-state index in [4.69, 9.17) is 0 Å². The molecule has 2 unspecified atom stereocenters. The summed E-state index contributed by atoms with van der Waals surface area (Å²) >= 11 is 0. The number of hydrogen-bond donors (Lipinski definition) is 0. The molecule has 54 valence electrons. The molecule has 2 rings (SSSR count). The van der Waals surface area contributed by atoms with Crippen molar-refractivity contribution in [1.29, 1.82) is 0 Å². The smallest absolute Gasteiger partial charge is 0.138 e. The molecule has 1 aliphatic rings. The standard InChI is InChI=1S/C7H11N3/c1-4-5(2)10-6(3)8-9-7(4)10/h4-5H,1-3H3. The highest BCUT2D eigenvalue weighted by molar-refractivity contribution is 5.13. The molecule has 1 aromatic heterocycles. The molecular weight excluding hydrogens is 126 g/mol. The van der Waals surface area contributed by atoms with Crippen molar-refractivity contribution in [2.45, 2.75) is 32.7 Å². The van der Waals surface area contributed by atoms with E-state index in [9.17, 15) is 0 Å². The van der Waals surface area contributed by atoms with Crippen molar-refractivity contribution < 1.29 is 0 Å². The third-order valence-corrected chi connectivity index (χ3v) is 2.43. The summed E-state index contributed by atoms with van der Waals surface area (Å²) in [7, 11) is 0. The Bertz CT molecular complexity index is 264. The van der Waals surface area contributed by atoms with Gasteiger partial charge in [0.2, 0.25) is 0 Å². The van der Waals surface area contributed by atoms with Crippen LogP contribution in [0.15, 0.2) is 0 Å². The number of aromatic nitrogens is 3. The van der Waals surface area contributed by atoms with Crippen molar-refractivity contribution in [3.05, 3.63) is 11.6 Å². The Hall–Kier alpha value is -0.860. The third-order valence-electron chi connectivity index (χ3n) is 2.43. The maximum Gasteiger partial charge on any atom is 0.138 e. The molecule has 0 bridgehead atoms. The first-order valence-corrected chi connectivity index (χ1v) is 3.63. The first-order chi connectivity index (χ1) is 4.72. The SMILES string of the molecule is Cc1nnc2n1C(C)C2C. The van der Waals surface area contributed by atoms with Gasteiger partial charge in [0.15, 0.2) is 0 Å². The number of rotatable bonds is 0. The van der Waals surface area contributed by atoms with Crippen LogP contribution in [0.2, 0.25) is 0 Å². The summed E-state index contributed by atoms with van der Waals surface area (Å²) in [5.74, 6) is 2.78. The summed E-state index contributed by atoms with van der Waals surface area (Å²) in [6.07, 6.45) is 0. The Labute approximate surface area is 60.1 Å². The zero-order chi connectivity index (χ0) is 7.30. The largest absolute Gasteiger partial charge is 0.311 e. The topological polar surface area (TPSA) is 30.7 Å². The van der Waals surface area contributed by atoms with E-state index in [0.29, 0.717) is 12.0 Å². The van der Waals surface area contributed by atoms with Crippen LogP contribution < -0.4 is 0 Å². The van der Waals surface area contributed by atoms with E-state index in [2.05, 4.69) is 28.6 Å². The molecule has 0 saturated heterocycles. The fourth-order valence-corrected chi connectivity index (χ4v) is 1.56. The maximum atomic E-state index is 4.05. The Morgan fingerprint density at radius 3 is 2.60 bits per heavy atom. The molecule has 0 spiro atoms. The van der Waals surface area contributed by atoms with E-state index >= 15 is 0 Å². The van der Waals surface area contributed by atoms with Gasteiger partial charge in [0.25, 0.3) is 0 Å². The molecule has 1 aromatic rings. The highest BCUT2D eigenvalue weighted by atomic mass is 15.3. The zero-order valence-corrected chi connectivity index (χ0v) is 6.50. The Kier molecular flexibility index (Phi) is 0.938. The Morgan fingerprint density at radius 2 is 2.00 bits per heavy atom. The lowest BCUT2D eigenvalue weighted by molar-refractivity contribution is 0.335. The van der Waals surface area contributed by atoms with E-state index in [1.807, 2.05) is 6.92 Å². The second kappa shape index (κ2) is 1.59. The molecule has 3 heteroatoms. The lowest BCUT2D eigenvalue weighted by atomic mass is 9.95. The quantitative estimate of drug-likeness (QED) is 0.539. The van der Waals surface area contributed by atoms with Gasteiger partial charge in [-0.3, -0.25) is 0 Å². The summed E-state index contributed by atoms with van der Waals surface area (Å²) in [5.41, 5.74) is 0. The number of fused-ring (bicyclic) bond motifs is 1. The van der Waals surface area contributed by atoms with Gasteiger partial charge in [0.1, 0.15) is 11.6 Å². The lowest BCUT2D eigenvalue weighted by Crippen LogP contribution is -2.28. The molecule has 1 aliphatic heterocycles. The molecule has 0 amide bonds. The summed E-state index contributed by atoms with van der Waals surface area (Å²) < 4.78 is 2.19. The van der Waals surface area contributed by atoms with Gasteiger partial charge in [-0.1, -0.05) is 6.92 Å². The van der Waals surface area contributed by atoms with Crippen molar-refractivity contribution in [3.63, 3.8) is 0 Å². The predicted octanol–water partition coefficient (Wildman–Crippen LogP) is 1.26. The van der Waals surface area contributed by atoms with Gasteiger partial charge < -0.3 is 4.57 Å². The fraction of sp³-hybridized carbons (Fsp3) is 0.714. The van der Waals surface area contributed by atoms with Gasteiger partial charge in [-0.15, -0.1) is 10.2 Å². The first-order valence-electron chi connectivity index (χ1n) is 3.63. The van der Waals surface area contributed by atoms with Gasteiger partial charge in [0.05, 0.1) is 0 Å². The maximum absolute atomic E-state index is 4.05. The summed E-state index contributed by atoms with van der Waals surface area (Å²) in [4.78, 5) is 0. The van der Waals surface area contributed by atoms with E-state index in [1.165, 1.54) is 0 Å². The van der Waals surface area contributed by atoms with Crippen LogP contribution in [0.3, 0.4) is 0 Å². The van der Waals surface area contributed by atoms with E-state index < -0.39 is 0 Å². The van der Waals surface area contributed by atoms with Crippen LogP contribution in [0.25, 0.3) is 0 Å².